The van der Waals surface area contributed by atoms with Gasteiger partial charge in [-0.2, -0.15) is 0 Å². The van der Waals surface area contributed by atoms with Crippen molar-refractivity contribution in [1.29, 1.82) is 0 Å². The van der Waals surface area contributed by atoms with Crippen LogP contribution in [0.3, 0.4) is 0 Å². The molecule has 29 heavy (non-hydrogen) atoms. The Morgan fingerprint density at radius 2 is 1.55 bits per heavy atom. The van der Waals surface area contributed by atoms with Gasteiger partial charge in [0.15, 0.2) is 11.5 Å². The zero-order chi connectivity index (χ0) is 21.6. The van der Waals surface area contributed by atoms with Crippen molar-refractivity contribution in [2.24, 2.45) is 0 Å². The Bertz CT molecular complexity index is 917. The van der Waals surface area contributed by atoms with Crippen molar-refractivity contribution in [1.82, 2.24) is 5.32 Å². The predicted octanol–water partition coefficient (Wildman–Crippen LogP) is 1.48. The topological polar surface area (TPSA) is 143 Å². The van der Waals surface area contributed by atoms with Gasteiger partial charge in [-0.1, -0.05) is 0 Å². The van der Waals surface area contributed by atoms with Gasteiger partial charge in [0, 0.05) is 5.56 Å². The first-order valence-electron chi connectivity index (χ1n) is 8.25. The number of hydrogen-bond acceptors (Lipinski definition) is 7. The van der Waals surface area contributed by atoms with Crippen LogP contribution in [0.5, 0.6) is 23.0 Å². The van der Waals surface area contributed by atoms with Gasteiger partial charge in [0.1, 0.15) is 5.75 Å². The second kappa shape index (κ2) is 9.31. The molecule has 0 aliphatic heterocycles. The summed E-state index contributed by atoms with van der Waals surface area (Å²) in [7, 11) is 4.24. The van der Waals surface area contributed by atoms with Gasteiger partial charge in [0.05, 0.1) is 39.1 Å². The molecule has 0 aromatic heterocycles. The highest BCUT2D eigenvalue weighted by molar-refractivity contribution is 6.01. The number of carboxylic acid groups (broad SMARTS) is 1. The molecule has 0 atom stereocenters. The molecule has 0 aliphatic rings. The van der Waals surface area contributed by atoms with Crippen molar-refractivity contribution in [3.63, 3.8) is 0 Å². The maximum absolute atomic E-state index is 12.4. The van der Waals surface area contributed by atoms with E-state index < -0.39 is 24.3 Å². The molecule has 0 heterocycles. The summed E-state index contributed by atoms with van der Waals surface area (Å²) in [5.74, 6) is -1.89. The quantitative estimate of drug-likeness (QED) is 0.485. The minimum absolute atomic E-state index is 0.0862. The average molecular weight is 404 g/mol. The number of carbonyl (C=O) groups is 3. The molecule has 0 aliphatic carbocycles. The molecule has 0 saturated heterocycles. The summed E-state index contributed by atoms with van der Waals surface area (Å²) >= 11 is 0. The molecule has 2 aromatic carbocycles. The molecule has 0 fully saturated rings. The van der Waals surface area contributed by atoms with E-state index in [2.05, 4.69) is 10.6 Å². The van der Waals surface area contributed by atoms with Crippen LogP contribution in [0.15, 0.2) is 30.3 Å². The van der Waals surface area contributed by atoms with Gasteiger partial charge < -0.3 is 35.1 Å². The number of carbonyl (C=O) groups excluding carboxylic acids is 2. The summed E-state index contributed by atoms with van der Waals surface area (Å²) in [6.45, 7) is -0.424. The normalized spacial score (nSPS) is 10.0. The Morgan fingerprint density at radius 3 is 2.07 bits per heavy atom. The maximum Gasteiger partial charge on any atom is 0.335 e. The van der Waals surface area contributed by atoms with Crippen molar-refractivity contribution in [2.45, 2.75) is 0 Å². The zero-order valence-corrected chi connectivity index (χ0v) is 15.9. The fourth-order valence-corrected chi connectivity index (χ4v) is 2.44. The molecule has 10 heteroatoms. The summed E-state index contributed by atoms with van der Waals surface area (Å²) in [5, 5.41) is 23.5. The third kappa shape index (κ3) is 5.06. The van der Waals surface area contributed by atoms with Gasteiger partial charge >= 0.3 is 5.97 Å². The van der Waals surface area contributed by atoms with Crippen LogP contribution in [0, 0.1) is 0 Å². The van der Waals surface area contributed by atoms with Crippen molar-refractivity contribution < 1.29 is 38.8 Å². The van der Waals surface area contributed by atoms with Gasteiger partial charge in [0.25, 0.3) is 5.91 Å². The first-order chi connectivity index (χ1) is 13.8. The molecule has 2 amide bonds. The second-order valence-electron chi connectivity index (χ2n) is 5.68. The Morgan fingerprint density at radius 1 is 0.931 bits per heavy atom. The lowest BCUT2D eigenvalue weighted by molar-refractivity contribution is -0.115. The molecule has 2 aromatic rings. The highest BCUT2D eigenvalue weighted by Crippen LogP contribution is 2.38. The number of aromatic hydroxyl groups is 1. The molecule has 0 radical (unpaired) electrons. The molecule has 0 saturated carbocycles. The van der Waals surface area contributed by atoms with Gasteiger partial charge in [-0.3, -0.25) is 9.59 Å². The highest BCUT2D eigenvalue weighted by Gasteiger charge is 2.18. The van der Waals surface area contributed by atoms with E-state index in [1.54, 1.807) is 0 Å². The Kier molecular flexibility index (Phi) is 6.85. The van der Waals surface area contributed by atoms with E-state index >= 15 is 0 Å². The smallest absolute Gasteiger partial charge is 0.335 e. The van der Waals surface area contributed by atoms with Gasteiger partial charge in [0.2, 0.25) is 11.7 Å². The standard InChI is InChI=1S/C19H20N2O8/c1-27-14-7-11(8-15(28-2)17(14)29-3)18(24)20-9-16(23)21-12-6-10(19(25)26)4-5-13(12)22/h4-8,22H,9H2,1-3H3,(H,20,24)(H,21,23)(H,25,26). The summed E-state index contributed by atoms with van der Waals surface area (Å²) in [6.07, 6.45) is 0. The second-order valence-corrected chi connectivity index (χ2v) is 5.68. The van der Waals surface area contributed by atoms with E-state index in [4.69, 9.17) is 19.3 Å². The van der Waals surface area contributed by atoms with E-state index in [1.807, 2.05) is 0 Å². The molecular formula is C19H20N2O8. The zero-order valence-electron chi connectivity index (χ0n) is 15.9. The van der Waals surface area contributed by atoms with Crippen molar-refractivity contribution in [3.8, 4) is 23.0 Å². The summed E-state index contributed by atoms with van der Waals surface area (Å²) in [4.78, 5) is 35.4. The SMILES string of the molecule is COc1cc(C(=O)NCC(=O)Nc2cc(C(=O)O)ccc2O)cc(OC)c1OC. The fraction of sp³-hybridized carbons (Fsp3) is 0.211. The van der Waals surface area contributed by atoms with Gasteiger partial charge in [-0.15, -0.1) is 0 Å². The number of ether oxygens (including phenoxy) is 3. The minimum atomic E-state index is -1.21. The number of phenols is 1. The van der Waals surface area contributed by atoms with Crippen LogP contribution in [0.1, 0.15) is 20.7 Å². The van der Waals surface area contributed by atoms with E-state index in [9.17, 15) is 19.5 Å². The molecule has 154 valence electrons. The number of hydrogen-bond donors (Lipinski definition) is 4. The Labute approximate surface area is 166 Å². The molecular weight excluding hydrogens is 384 g/mol. The largest absolute Gasteiger partial charge is 0.506 e. The number of phenolic OH excluding ortho intramolecular Hbond substituents is 1. The number of aromatic carboxylic acids is 1. The monoisotopic (exact) mass is 404 g/mol. The predicted molar refractivity (Wildman–Crippen MR) is 102 cm³/mol. The first kappa shape index (κ1) is 21.4. The lowest BCUT2D eigenvalue weighted by Gasteiger charge is -2.14. The van der Waals surface area contributed by atoms with Gasteiger partial charge in [-0.25, -0.2) is 4.79 Å². The number of nitrogens with one attached hydrogen (secondary N) is 2. The lowest BCUT2D eigenvalue weighted by Crippen LogP contribution is -2.33. The average Bonchev–Trinajstić information content (AvgIpc) is 2.72. The number of rotatable bonds is 8. The first-order valence-corrected chi connectivity index (χ1v) is 8.25. The third-order valence-electron chi connectivity index (χ3n) is 3.85. The number of methoxy groups -OCH3 is 3. The number of anilines is 1. The number of carboxylic acids is 1. The molecule has 0 unspecified atom stereocenters. The van der Waals surface area contributed by atoms with Crippen LogP contribution in [0.25, 0.3) is 0 Å². The van der Waals surface area contributed by atoms with Crippen LogP contribution in [-0.2, 0) is 4.79 Å². The summed E-state index contributed by atoms with van der Waals surface area (Å²) in [6, 6.07) is 6.30. The summed E-state index contributed by atoms with van der Waals surface area (Å²) < 4.78 is 15.5. The van der Waals surface area contributed by atoms with Crippen LogP contribution < -0.4 is 24.8 Å². The van der Waals surface area contributed by atoms with Crippen molar-refractivity contribution in [2.75, 3.05) is 33.2 Å². The highest BCUT2D eigenvalue weighted by atomic mass is 16.5. The van der Waals surface area contributed by atoms with E-state index in [0.717, 1.165) is 12.1 Å². The molecule has 0 bridgehead atoms. The third-order valence-corrected chi connectivity index (χ3v) is 3.85. The molecule has 2 rings (SSSR count). The van der Waals surface area contributed by atoms with E-state index in [1.165, 1.54) is 39.5 Å². The van der Waals surface area contributed by atoms with Crippen LogP contribution >= 0.6 is 0 Å². The van der Waals surface area contributed by atoms with E-state index in [0.29, 0.717) is 5.75 Å². The van der Waals surface area contributed by atoms with Crippen molar-refractivity contribution >= 4 is 23.5 Å². The Balaban J connectivity index is 2.08. The van der Waals surface area contributed by atoms with E-state index in [-0.39, 0.29) is 34.1 Å². The number of amides is 2. The number of benzene rings is 2. The maximum atomic E-state index is 12.4. The Hall–Kier alpha value is -3.95. The molecule has 4 N–H and O–H groups in total. The van der Waals surface area contributed by atoms with Crippen LogP contribution in [0.2, 0.25) is 0 Å². The fourth-order valence-electron chi connectivity index (χ4n) is 2.44. The lowest BCUT2D eigenvalue weighted by atomic mass is 10.1. The molecule has 0 spiro atoms. The van der Waals surface area contributed by atoms with Crippen LogP contribution in [0.4, 0.5) is 5.69 Å². The minimum Gasteiger partial charge on any atom is -0.506 e. The van der Waals surface area contributed by atoms with Gasteiger partial charge in [-0.05, 0) is 30.3 Å². The van der Waals surface area contributed by atoms with Crippen molar-refractivity contribution in [3.05, 3.63) is 41.5 Å². The van der Waals surface area contributed by atoms with Crippen LogP contribution in [-0.4, -0.2) is 55.9 Å². The summed E-state index contributed by atoms with van der Waals surface area (Å²) in [5.41, 5.74) is -0.0282. The molecule has 10 nitrogen and oxygen atoms in total.